The monoisotopic (exact) mass is 1120 g/mol. The molecule has 0 fully saturated rings. The average molecular weight is 1120 g/mol. The van der Waals surface area contributed by atoms with E-state index >= 15 is 0 Å². The zero-order valence-corrected chi connectivity index (χ0v) is 49.3. The Labute approximate surface area is 506 Å². The molecular formula is C82H60N2OS. The van der Waals surface area contributed by atoms with Gasteiger partial charge in [0.1, 0.15) is 11.2 Å². The summed E-state index contributed by atoms with van der Waals surface area (Å²) in [5.41, 5.74) is 25.9. The van der Waals surface area contributed by atoms with Crippen LogP contribution in [0.4, 0.5) is 34.1 Å². The zero-order valence-electron chi connectivity index (χ0n) is 48.5. The lowest BCUT2D eigenvalue weighted by atomic mass is 9.82. The van der Waals surface area contributed by atoms with Gasteiger partial charge in [0.05, 0.1) is 11.1 Å². The number of hydrogen-bond donors (Lipinski definition) is 0. The molecule has 0 atom stereocenters. The fourth-order valence-corrected chi connectivity index (χ4v) is 15.9. The first-order valence-corrected chi connectivity index (χ1v) is 30.9. The number of furan rings is 1. The Morgan fingerprint density at radius 2 is 0.779 bits per heavy atom. The van der Waals surface area contributed by atoms with E-state index in [1.165, 1.54) is 98.1 Å². The van der Waals surface area contributed by atoms with Crippen molar-refractivity contribution in [2.75, 3.05) is 9.80 Å². The summed E-state index contributed by atoms with van der Waals surface area (Å²) in [7, 11) is 0. The van der Waals surface area contributed by atoms with Crippen LogP contribution < -0.4 is 9.80 Å². The number of para-hydroxylation sites is 1. The van der Waals surface area contributed by atoms with Crippen molar-refractivity contribution in [2.45, 2.75) is 61.2 Å². The Kier molecular flexibility index (Phi) is 11.4. The molecule has 0 saturated heterocycles. The maximum Gasteiger partial charge on any atom is 0.145 e. The first-order chi connectivity index (χ1) is 42.1. The molecule has 14 aromatic rings. The van der Waals surface area contributed by atoms with Gasteiger partial charge in [-0.1, -0.05) is 221 Å². The maximum absolute atomic E-state index is 7.55. The molecule has 3 aliphatic rings. The van der Waals surface area contributed by atoms with Crippen LogP contribution in [-0.4, -0.2) is 0 Å². The number of anilines is 6. The van der Waals surface area contributed by atoms with Crippen LogP contribution in [0, 0.1) is 0 Å². The molecule has 2 heterocycles. The van der Waals surface area contributed by atoms with Crippen molar-refractivity contribution < 1.29 is 4.42 Å². The van der Waals surface area contributed by atoms with Gasteiger partial charge in [0, 0.05) is 60.0 Å². The number of nitrogens with zero attached hydrogens (tertiary/aromatic N) is 2. The Morgan fingerprint density at radius 3 is 1.40 bits per heavy atom. The Bertz CT molecular complexity index is 5140. The van der Waals surface area contributed by atoms with Gasteiger partial charge in [0.25, 0.3) is 0 Å². The molecule has 1 aromatic heterocycles. The van der Waals surface area contributed by atoms with Crippen molar-refractivity contribution in [3.63, 3.8) is 0 Å². The molecule has 2 aliphatic carbocycles. The molecule has 86 heavy (non-hydrogen) atoms. The summed E-state index contributed by atoms with van der Waals surface area (Å²) in [4.78, 5) is 7.53. The summed E-state index contributed by atoms with van der Waals surface area (Å²) in [5, 5.41) is 6.98. The van der Waals surface area contributed by atoms with Gasteiger partial charge in [-0.05, 0) is 192 Å². The smallest absolute Gasteiger partial charge is 0.145 e. The molecule has 17 rings (SSSR count). The highest BCUT2D eigenvalue weighted by Gasteiger charge is 2.38. The molecule has 0 N–H and O–H groups in total. The molecule has 4 heteroatoms. The highest BCUT2D eigenvalue weighted by Crippen LogP contribution is 2.55. The van der Waals surface area contributed by atoms with Gasteiger partial charge in [0.2, 0.25) is 0 Å². The van der Waals surface area contributed by atoms with Crippen molar-refractivity contribution in [2.24, 2.45) is 0 Å². The third-order valence-corrected chi connectivity index (χ3v) is 20.4. The van der Waals surface area contributed by atoms with E-state index in [1.54, 1.807) is 0 Å². The van der Waals surface area contributed by atoms with Crippen LogP contribution in [0.1, 0.15) is 72.2 Å². The SMILES string of the molecule is CC1(C)c2ccccc2-c2ccc(N(c3ccc4c(c3)Cc3ccccc3Sc3ccccc3Cc3cc(N(c5ccc6c(c5)C(C)(C)c5ccccc5-6)c5ccc6ccccc6c5)c5c(oc6ccccc65)c3-4)c3ccc4ccccc4c3)cc21. The quantitative estimate of drug-likeness (QED) is 0.165. The van der Waals surface area contributed by atoms with E-state index < -0.39 is 0 Å². The third kappa shape index (κ3) is 7.89. The van der Waals surface area contributed by atoms with Gasteiger partial charge in [-0.25, -0.2) is 0 Å². The van der Waals surface area contributed by atoms with E-state index in [0.29, 0.717) is 12.8 Å². The number of hydrogen-bond acceptors (Lipinski definition) is 4. The molecule has 0 unspecified atom stereocenters. The van der Waals surface area contributed by atoms with Gasteiger partial charge in [0.15, 0.2) is 0 Å². The van der Waals surface area contributed by atoms with E-state index in [1.807, 2.05) is 11.8 Å². The van der Waals surface area contributed by atoms with Crippen LogP contribution in [0.15, 0.2) is 281 Å². The molecule has 0 saturated carbocycles. The molecule has 0 radical (unpaired) electrons. The van der Waals surface area contributed by atoms with Gasteiger partial charge >= 0.3 is 0 Å². The number of fused-ring (bicyclic) bond motifs is 17. The van der Waals surface area contributed by atoms with E-state index in [-0.39, 0.29) is 10.8 Å². The van der Waals surface area contributed by atoms with E-state index in [2.05, 4.69) is 304 Å². The standard InChI is InChI=1S/C82H60N2OS/c1-81(2)70-28-14-11-25-65(70)67-41-38-62(49-72(67)81)83(59-35-33-51-19-5-7-21-53(51)45-59)60-37-40-64-57(47-60)43-55-23-9-17-31-76(55)86-77-32-18-10-24-56(77)44-58-48-74(79-69-27-13-16-30-75(69)85-80(79)78(58)64)84(61-36-34-52-20-6-8-22-54(52)46-61)63-39-42-68-66-26-12-15-29-71(66)82(3,4)73(68)50-63/h5-42,45-50H,43-44H2,1-4H3. The van der Waals surface area contributed by atoms with Crippen LogP contribution in [0.25, 0.3) is 76.9 Å². The van der Waals surface area contributed by atoms with Crippen molar-refractivity contribution >= 4 is 89.4 Å². The molecule has 0 amide bonds. The predicted molar refractivity (Wildman–Crippen MR) is 361 cm³/mol. The number of benzene rings is 13. The van der Waals surface area contributed by atoms with Gasteiger partial charge in [-0.2, -0.15) is 0 Å². The van der Waals surface area contributed by atoms with Crippen molar-refractivity contribution in [1.29, 1.82) is 0 Å². The summed E-state index contributed by atoms with van der Waals surface area (Å²) in [6.07, 6.45) is 1.38. The Morgan fingerprint density at radius 1 is 0.337 bits per heavy atom. The second-order valence-corrected chi connectivity index (χ2v) is 25.9. The first kappa shape index (κ1) is 50.6. The topological polar surface area (TPSA) is 19.6 Å². The van der Waals surface area contributed by atoms with Crippen molar-refractivity contribution in [3.8, 4) is 33.4 Å². The maximum atomic E-state index is 7.55. The first-order valence-electron chi connectivity index (χ1n) is 30.1. The third-order valence-electron chi connectivity index (χ3n) is 19.1. The predicted octanol–water partition coefficient (Wildman–Crippen LogP) is 22.8. The van der Waals surface area contributed by atoms with Gasteiger partial charge in [-0.3, -0.25) is 0 Å². The minimum absolute atomic E-state index is 0.176. The summed E-state index contributed by atoms with van der Waals surface area (Å²) in [6, 6.07) is 100. The van der Waals surface area contributed by atoms with E-state index in [0.717, 1.165) is 67.2 Å². The number of rotatable bonds is 6. The molecule has 0 spiro atoms. The molecule has 3 nitrogen and oxygen atoms in total. The summed E-state index contributed by atoms with van der Waals surface area (Å²) in [6.45, 7) is 9.52. The molecular weight excluding hydrogens is 1060 g/mol. The highest BCUT2D eigenvalue weighted by atomic mass is 32.2. The zero-order chi connectivity index (χ0) is 57.4. The summed E-state index contributed by atoms with van der Waals surface area (Å²) >= 11 is 1.88. The lowest BCUT2D eigenvalue weighted by Gasteiger charge is -2.30. The average Bonchev–Trinajstić information content (AvgIpc) is 1.59. The largest absolute Gasteiger partial charge is 0.455 e. The van der Waals surface area contributed by atoms with Crippen LogP contribution in [0.5, 0.6) is 0 Å². The fraction of sp³-hybridized carbons (Fsp3) is 0.0976. The lowest BCUT2D eigenvalue weighted by Crippen LogP contribution is -2.17. The summed E-state index contributed by atoms with van der Waals surface area (Å²) in [5.74, 6) is 0. The molecule has 13 aromatic carbocycles. The van der Waals surface area contributed by atoms with Crippen molar-refractivity contribution in [3.05, 3.63) is 311 Å². The fourth-order valence-electron chi connectivity index (χ4n) is 14.8. The molecule has 1 aliphatic heterocycles. The Hall–Kier alpha value is -9.87. The van der Waals surface area contributed by atoms with Crippen LogP contribution in [0.2, 0.25) is 0 Å². The van der Waals surface area contributed by atoms with Gasteiger partial charge < -0.3 is 14.2 Å². The van der Waals surface area contributed by atoms with Crippen LogP contribution in [0.3, 0.4) is 0 Å². The second-order valence-electron chi connectivity index (χ2n) is 24.8. The van der Waals surface area contributed by atoms with Crippen LogP contribution >= 0.6 is 11.8 Å². The van der Waals surface area contributed by atoms with E-state index in [4.69, 9.17) is 4.42 Å². The molecule has 410 valence electrons. The van der Waals surface area contributed by atoms with Crippen molar-refractivity contribution in [1.82, 2.24) is 0 Å². The summed E-state index contributed by atoms with van der Waals surface area (Å²) < 4.78 is 7.55. The second kappa shape index (κ2) is 19.3. The highest BCUT2D eigenvalue weighted by molar-refractivity contribution is 7.99. The normalized spacial score (nSPS) is 14.1. The Balaban J connectivity index is 0.941. The minimum Gasteiger partial charge on any atom is -0.455 e. The minimum atomic E-state index is -0.204. The van der Waals surface area contributed by atoms with E-state index in [9.17, 15) is 0 Å². The lowest BCUT2D eigenvalue weighted by molar-refractivity contribution is 0.660. The van der Waals surface area contributed by atoms with Crippen LogP contribution in [-0.2, 0) is 23.7 Å². The molecule has 0 bridgehead atoms. The van der Waals surface area contributed by atoms with Gasteiger partial charge in [-0.15, -0.1) is 0 Å².